The summed E-state index contributed by atoms with van der Waals surface area (Å²) in [5.74, 6) is 0.0966. The van der Waals surface area contributed by atoms with Crippen LogP contribution in [0.15, 0.2) is 0 Å². The molecular formula is C9H21N3O4S2. The molecule has 0 spiro atoms. The number of sulfone groups is 1. The fourth-order valence-electron chi connectivity index (χ4n) is 1.74. The lowest BCUT2D eigenvalue weighted by Gasteiger charge is -2.25. The molecule has 1 aliphatic heterocycles. The Morgan fingerprint density at radius 2 is 1.89 bits per heavy atom. The van der Waals surface area contributed by atoms with Crippen LogP contribution in [0.5, 0.6) is 0 Å². The zero-order chi connectivity index (χ0) is 13.8. The van der Waals surface area contributed by atoms with Gasteiger partial charge in [0.25, 0.3) is 10.2 Å². The number of nitrogens with one attached hydrogen (secondary N) is 1. The molecule has 108 valence electrons. The number of hydrogen-bond donors (Lipinski definition) is 2. The van der Waals surface area contributed by atoms with Crippen molar-refractivity contribution in [3.8, 4) is 0 Å². The van der Waals surface area contributed by atoms with Crippen LogP contribution in [0.25, 0.3) is 0 Å². The van der Waals surface area contributed by atoms with E-state index in [4.69, 9.17) is 5.73 Å². The summed E-state index contributed by atoms with van der Waals surface area (Å²) in [6, 6.07) is -0.293. The Hall–Kier alpha value is -0.220. The van der Waals surface area contributed by atoms with Crippen molar-refractivity contribution in [3.63, 3.8) is 0 Å². The summed E-state index contributed by atoms with van der Waals surface area (Å²) >= 11 is 0. The highest BCUT2D eigenvalue weighted by Gasteiger charge is 2.28. The number of rotatable bonds is 6. The van der Waals surface area contributed by atoms with Crippen LogP contribution in [-0.2, 0) is 20.0 Å². The molecule has 1 rings (SSSR count). The van der Waals surface area contributed by atoms with Gasteiger partial charge < -0.3 is 5.73 Å². The van der Waals surface area contributed by atoms with Crippen molar-refractivity contribution in [2.24, 2.45) is 5.73 Å². The topological polar surface area (TPSA) is 110 Å². The predicted octanol–water partition coefficient (Wildman–Crippen LogP) is -1.32. The molecule has 7 nitrogen and oxygen atoms in total. The third-order valence-electron chi connectivity index (χ3n) is 2.96. The first-order valence-corrected chi connectivity index (χ1v) is 9.17. The Morgan fingerprint density at radius 1 is 1.33 bits per heavy atom. The quantitative estimate of drug-likeness (QED) is 0.632. The monoisotopic (exact) mass is 299 g/mol. The zero-order valence-corrected chi connectivity index (χ0v) is 12.1. The lowest BCUT2D eigenvalue weighted by atomic mass is 10.2. The minimum Gasteiger partial charge on any atom is -0.330 e. The molecule has 0 aromatic rings. The molecule has 1 fully saturated rings. The molecule has 0 unspecified atom stereocenters. The SMILES string of the molecule is CN(CCCN)S(=O)(=O)NC1CCS(=O)(=O)CC1. The maximum atomic E-state index is 11.9. The van der Waals surface area contributed by atoms with Gasteiger partial charge in [0.05, 0.1) is 11.5 Å². The molecule has 9 heteroatoms. The Labute approximate surface area is 109 Å². The summed E-state index contributed by atoms with van der Waals surface area (Å²) in [5, 5.41) is 0. The van der Waals surface area contributed by atoms with Crippen LogP contribution in [0.1, 0.15) is 19.3 Å². The molecule has 0 amide bonds. The second kappa shape index (κ2) is 6.29. The smallest absolute Gasteiger partial charge is 0.279 e. The van der Waals surface area contributed by atoms with E-state index in [9.17, 15) is 16.8 Å². The lowest BCUT2D eigenvalue weighted by molar-refractivity contribution is 0.432. The fourth-order valence-corrected chi connectivity index (χ4v) is 4.44. The second-order valence-corrected chi connectivity index (χ2v) is 8.63. The maximum Gasteiger partial charge on any atom is 0.279 e. The van der Waals surface area contributed by atoms with Gasteiger partial charge in [-0.1, -0.05) is 0 Å². The van der Waals surface area contributed by atoms with Gasteiger partial charge in [0.15, 0.2) is 0 Å². The zero-order valence-electron chi connectivity index (χ0n) is 10.5. The summed E-state index contributed by atoms with van der Waals surface area (Å²) < 4.78 is 50.0. The van der Waals surface area contributed by atoms with Crippen molar-refractivity contribution < 1.29 is 16.8 Å². The first-order valence-electron chi connectivity index (χ1n) is 5.91. The van der Waals surface area contributed by atoms with E-state index in [1.54, 1.807) is 0 Å². The van der Waals surface area contributed by atoms with E-state index in [-0.39, 0.29) is 17.5 Å². The van der Waals surface area contributed by atoms with E-state index in [0.29, 0.717) is 32.4 Å². The highest BCUT2D eigenvalue weighted by atomic mass is 32.2. The molecule has 1 aliphatic rings. The van der Waals surface area contributed by atoms with Gasteiger partial charge in [0.1, 0.15) is 9.84 Å². The summed E-state index contributed by atoms with van der Waals surface area (Å²) in [7, 11) is -5.02. The van der Waals surface area contributed by atoms with E-state index >= 15 is 0 Å². The Morgan fingerprint density at radius 3 is 2.39 bits per heavy atom. The normalized spacial score (nSPS) is 21.3. The summed E-state index contributed by atoms with van der Waals surface area (Å²) in [6.45, 7) is 0.790. The van der Waals surface area contributed by atoms with Crippen molar-refractivity contribution in [1.29, 1.82) is 0 Å². The Balaban J connectivity index is 2.51. The standard InChI is InChI=1S/C9H21N3O4S2/c1-12(6-2-5-10)18(15,16)11-9-3-7-17(13,14)8-4-9/h9,11H,2-8,10H2,1H3. The molecule has 3 N–H and O–H groups in total. The molecule has 0 bridgehead atoms. The van der Waals surface area contributed by atoms with Crippen LogP contribution in [-0.4, -0.2) is 58.8 Å². The van der Waals surface area contributed by atoms with Crippen molar-refractivity contribution in [2.45, 2.75) is 25.3 Å². The third kappa shape index (κ3) is 4.81. The largest absolute Gasteiger partial charge is 0.330 e. The van der Waals surface area contributed by atoms with Gasteiger partial charge in [-0.2, -0.15) is 17.4 Å². The van der Waals surface area contributed by atoms with Crippen molar-refractivity contribution >= 4 is 20.0 Å². The molecule has 1 saturated heterocycles. The molecule has 0 aliphatic carbocycles. The molecule has 0 atom stereocenters. The highest BCUT2D eigenvalue weighted by molar-refractivity contribution is 7.91. The van der Waals surface area contributed by atoms with Gasteiger partial charge in [-0.15, -0.1) is 0 Å². The van der Waals surface area contributed by atoms with E-state index in [1.165, 1.54) is 11.4 Å². The minimum atomic E-state index is -3.54. The van der Waals surface area contributed by atoms with Crippen LogP contribution in [0.3, 0.4) is 0 Å². The Bertz CT molecular complexity index is 446. The van der Waals surface area contributed by atoms with E-state index in [2.05, 4.69) is 4.72 Å². The van der Waals surface area contributed by atoms with E-state index < -0.39 is 20.0 Å². The molecule has 0 saturated carbocycles. The van der Waals surface area contributed by atoms with E-state index in [1.807, 2.05) is 0 Å². The van der Waals surface area contributed by atoms with Gasteiger partial charge in [-0.25, -0.2) is 8.42 Å². The first-order chi connectivity index (χ1) is 8.27. The summed E-state index contributed by atoms with van der Waals surface area (Å²) in [5.41, 5.74) is 5.33. The lowest BCUT2D eigenvalue weighted by Crippen LogP contribution is -2.47. The third-order valence-corrected chi connectivity index (χ3v) is 6.31. The Kier molecular flexibility index (Phi) is 5.53. The van der Waals surface area contributed by atoms with Crippen LogP contribution in [0.2, 0.25) is 0 Å². The van der Waals surface area contributed by atoms with Crippen LogP contribution >= 0.6 is 0 Å². The van der Waals surface area contributed by atoms with Crippen molar-refractivity contribution in [3.05, 3.63) is 0 Å². The van der Waals surface area contributed by atoms with E-state index in [0.717, 1.165) is 0 Å². The van der Waals surface area contributed by atoms with Crippen molar-refractivity contribution in [1.82, 2.24) is 9.03 Å². The first kappa shape index (κ1) is 15.8. The number of nitrogens with two attached hydrogens (primary N) is 1. The van der Waals surface area contributed by atoms with Crippen LogP contribution in [0, 0.1) is 0 Å². The second-order valence-electron chi connectivity index (χ2n) is 4.51. The highest BCUT2D eigenvalue weighted by Crippen LogP contribution is 2.13. The average molecular weight is 299 g/mol. The van der Waals surface area contributed by atoms with Gasteiger partial charge in [-0.3, -0.25) is 0 Å². The fraction of sp³-hybridized carbons (Fsp3) is 1.00. The van der Waals surface area contributed by atoms with Gasteiger partial charge >= 0.3 is 0 Å². The maximum absolute atomic E-state index is 11.9. The average Bonchev–Trinajstić information content (AvgIpc) is 2.28. The molecular weight excluding hydrogens is 278 g/mol. The number of hydrogen-bond acceptors (Lipinski definition) is 5. The molecule has 1 heterocycles. The van der Waals surface area contributed by atoms with Crippen LogP contribution < -0.4 is 10.5 Å². The van der Waals surface area contributed by atoms with Crippen LogP contribution in [0.4, 0.5) is 0 Å². The van der Waals surface area contributed by atoms with Gasteiger partial charge in [0, 0.05) is 19.6 Å². The minimum absolute atomic E-state index is 0.0483. The number of nitrogens with zero attached hydrogens (tertiary/aromatic N) is 1. The van der Waals surface area contributed by atoms with Gasteiger partial charge in [0.2, 0.25) is 0 Å². The molecule has 0 aromatic heterocycles. The molecule has 0 radical (unpaired) electrons. The van der Waals surface area contributed by atoms with Gasteiger partial charge in [-0.05, 0) is 25.8 Å². The molecule has 18 heavy (non-hydrogen) atoms. The summed E-state index contributed by atoms with van der Waals surface area (Å²) in [6.07, 6.45) is 1.27. The summed E-state index contributed by atoms with van der Waals surface area (Å²) in [4.78, 5) is 0. The predicted molar refractivity (Wildman–Crippen MR) is 70.0 cm³/mol. The molecule has 0 aromatic carbocycles. The van der Waals surface area contributed by atoms with Crippen molar-refractivity contribution in [2.75, 3.05) is 31.6 Å².